The van der Waals surface area contributed by atoms with Crippen LogP contribution in [-0.2, 0) is 14.2 Å². The molecule has 6 heteroatoms. The van der Waals surface area contributed by atoms with Crippen LogP contribution in [0, 0.1) is 0 Å². The van der Waals surface area contributed by atoms with Crippen molar-refractivity contribution < 1.29 is 14.2 Å². The summed E-state index contributed by atoms with van der Waals surface area (Å²) in [7, 11) is 3.77. The number of aromatic nitrogens is 2. The van der Waals surface area contributed by atoms with Crippen LogP contribution >= 0.6 is 0 Å². The molecular formula is C16H23N3O3. The molecule has 3 rings (SSSR count). The van der Waals surface area contributed by atoms with Crippen LogP contribution in [0.2, 0.25) is 0 Å². The lowest BCUT2D eigenvalue weighted by molar-refractivity contribution is -0.182. The monoisotopic (exact) mass is 305 g/mol. The van der Waals surface area contributed by atoms with Gasteiger partial charge in [-0.2, -0.15) is 5.10 Å². The molecule has 0 spiro atoms. The minimum atomic E-state index is -0.264. The Morgan fingerprint density at radius 3 is 2.95 bits per heavy atom. The molecule has 120 valence electrons. The summed E-state index contributed by atoms with van der Waals surface area (Å²) in [4.78, 5) is 2.14. The number of methoxy groups -OCH3 is 1. The Hall–Kier alpha value is -1.63. The van der Waals surface area contributed by atoms with Gasteiger partial charge in [-0.3, -0.25) is 5.10 Å². The van der Waals surface area contributed by atoms with Gasteiger partial charge in [0.1, 0.15) is 0 Å². The molecule has 0 radical (unpaired) electrons. The maximum absolute atomic E-state index is 5.69. The van der Waals surface area contributed by atoms with Gasteiger partial charge >= 0.3 is 0 Å². The number of anilines is 1. The maximum Gasteiger partial charge on any atom is 0.183 e. The first-order valence-corrected chi connectivity index (χ1v) is 7.71. The Bertz CT molecular complexity index is 608. The first-order valence-electron chi connectivity index (χ1n) is 7.71. The van der Waals surface area contributed by atoms with Crippen molar-refractivity contribution in [1.82, 2.24) is 10.2 Å². The normalized spacial score (nSPS) is 16.3. The highest BCUT2D eigenvalue weighted by Crippen LogP contribution is 2.29. The second-order valence-electron chi connectivity index (χ2n) is 5.55. The van der Waals surface area contributed by atoms with E-state index in [4.69, 9.17) is 14.2 Å². The Kier molecular flexibility index (Phi) is 4.92. The minimum Gasteiger partial charge on any atom is -0.385 e. The number of hydrogen-bond acceptors (Lipinski definition) is 5. The number of nitrogens with one attached hydrogen (secondary N) is 1. The molecule has 1 fully saturated rings. The highest BCUT2D eigenvalue weighted by molar-refractivity contribution is 5.90. The number of fused-ring (bicyclic) bond motifs is 1. The van der Waals surface area contributed by atoms with Crippen LogP contribution in [0.25, 0.3) is 10.9 Å². The fourth-order valence-corrected chi connectivity index (χ4v) is 2.69. The number of aromatic amines is 1. The maximum atomic E-state index is 5.69. The van der Waals surface area contributed by atoms with Crippen molar-refractivity contribution in [2.75, 3.05) is 45.4 Å². The summed E-state index contributed by atoms with van der Waals surface area (Å²) in [6.07, 6.45) is 1.66. The number of hydrogen-bond donors (Lipinski definition) is 1. The van der Waals surface area contributed by atoms with Crippen LogP contribution in [0.4, 0.5) is 5.82 Å². The van der Waals surface area contributed by atoms with Gasteiger partial charge in [-0.05, 0) is 25.0 Å². The molecule has 2 aromatic rings. The lowest BCUT2D eigenvalue weighted by atomic mass is 10.1. The highest BCUT2D eigenvalue weighted by Gasteiger charge is 2.18. The fraction of sp³-hybridized carbons (Fsp3) is 0.562. The Morgan fingerprint density at radius 1 is 1.36 bits per heavy atom. The third kappa shape index (κ3) is 3.24. The van der Waals surface area contributed by atoms with Gasteiger partial charge in [0.15, 0.2) is 12.1 Å². The van der Waals surface area contributed by atoms with Crippen molar-refractivity contribution in [2.24, 2.45) is 0 Å². The fourth-order valence-electron chi connectivity index (χ4n) is 2.69. The van der Waals surface area contributed by atoms with E-state index in [9.17, 15) is 0 Å². The van der Waals surface area contributed by atoms with Gasteiger partial charge in [0.2, 0.25) is 0 Å². The molecule has 0 unspecified atom stereocenters. The van der Waals surface area contributed by atoms with Crippen LogP contribution < -0.4 is 4.90 Å². The molecule has 1 aromatic heterocycles. The quantitative estimate of drug-likeness (QED) is 0.831. The molecule has 0 atom stereocenters. The predicted molar refractivity (Wildman–Crippen MR) is 85.1 cm³/mol. The van der Waals surface area contributed by atoms with E-state index in [0.717, 1.165) is 61.5 Å². The number of ether oxygens (including phenoxy) is 3. The smallest absolute Gasteiger partial charge is 0.183 e. The van der Waals surface area contributed by atoms with E-state index in [2.05, 4.69) is 21.2 Å². The summed E-state index contributed by atoms with van der Waals surface area (Å²) in [5.41, 5.74) is 2.06. The van der Waals surface area contributed by atoms with Crippen molar-refractivity contribution in [1.29, 1.82) is 0 Å². The molecule has 2 heterocycles. The lowest BCUT2D eigenvalue weighted by Gasteiger charge is -2.23. The zero-order valence-corrected chi connectivity index (χ0v) is 13.2. The molecule has 22 heavy (non-hydrogen) atoms. The van der Waals surface area contributed by atoms with Crippen molar-refractivity contribution in [2.45, 2.75) is 19.1 Å². The first-order chi connectivity index (χ1) is 10.8. The Balaban J connectivity index is 1.81. The molecule has 0 aliphatic carbocycles. The first kappa shape index (κ1) is 15.3. The summed E-state index contributed by atoms with van der Waals surface area (Å²) in [5, 5.41) is 8.62. The van der Waals surface area contributed by atoms with Crippen LogP contribution in [0.1, 0.15) is 24.7 Å². The summed E-state index contributed by atoms with van der Waals surface area (Å²) < 4.78 is 16.5. The summed E-state index contributed by atoms with van der Waals surface area (Å²) >= 11 is 0. The topological polar surface area (TPSA) is 59.6 Å². The summed E-state index contributed by atoms with van der Waals surface area (Å²) in [5.74, 6) is 0.948. The molecule has 0 bridgehead atoms. The molecule has 0 saturated carbocycles. The van der Waals surface area contributed by atoms with Crippen LogP contribution in [-0.4, -0.2) is 50.7 Å². The van der Waals surface area contributed by atoms with Crippen LogP contribution in [0.15, 0.2) is 18.2 Å². The van der Waals surface area contributed by atoms with Gasteiger partial charge in [0.05, 0.1) is 18.7 Å². The third-order valence-corrected chi connectivity index (χ3v) is 3.87. The molecule has 1 aromatic carbocycles. The van der Waals surface area contributed by atoms with Gasteiger partial charge in [-0.15, -0.1) is 0 Å². The average Bonchev–Trinajstić information content (AvgIpc) is 2.99. The molecule has 6 nitrogen and oxygen atoms in total. The van der Waals surface area contributed by atoms with Gasteiger partial charge in [0.25, 0.3) is 0 Å². The van der Waals surface area contributed by atoms with E-state index >= 15 is 0 Å². The third-order valence-electron chi connectivity index (χ3n) is 3.87. The van der Waals surface area contributed by atoms with Crippen molar-refractivity contribution in [3.05, 3.63) is 23.8 Å². The van der Waals surface area contributed by atoms with E-state index in [0.29, 0.717) is 0 Å². The van der Waals surface area contributed by atoms with Gasteiger partial charge in [-0.25, -0.2) is 0 Å². The molecular weight excluding hydrogens is 282 g/mol. The zero-order valence-electron chi connectivity index (χ0n) is 13.2. The largest absolute Gasteiger partial charge is 0.385 e. The van der Waals surface area contributed by atoms with E-state index < -0.39 is 0 Å². The average molecular weight is 305 g/mol. The predicted octanol–water partition coefficient (Wildman–Crippen LogP) is 2.47. The molecule has 1 aliphatic heterocycles. The van der Waals surface area contributed by atoms with E-state index in [-0.39, 0.29) is 6.29 Å². The van der Waals surface area contributed by atoms with Gasteiger partial charge < -0.3 is 19.1 Å². The summed E-state index contributed by atoms with van der Waals surface area (Å²) in [6, 6.07) is 6.17. The number of nitrogens with zero attached hydrogens (tertiary/aromatic N) is 2. The molecule has 1 aliphatic rings. The van der Waals surface area contributed by atoms with Gasteiger partial charge in [-0.1, -0.05) is 6.07 Å². The second-order valence-corrected chi connectivity index (χ2v) is 5.55. The Morgan fingerprint density at radius 2 is 2.18 bits per heavy atom. The van der Waals surface area contributed by atoms with Crippen molar-refractivity contribution in [3.8, 4) is 0 Å². The van der Waals surface area contributed by atoms with Crippen molar-refractivity contribution in [3.63, 3.8) is 0 Å². The Labute approximate surface area is 130 Å². The van der Waals surface area contributed by atoms with E-state index in [1.807, 2.05) is 19.2 Å². The standard InChI is InChI=1S/C16H23N3O3/c1-19(7-3-8-20-2)15-13-11-12(5-6-14(13)17-18-15)16-21-9-4-10-22-16/h5-6,11,16H,3-4,7-10H2,1-2H3,(H,17,18). The minimum absolute atomic E-state index is 0.264. The highest BCUT2D eigenvalue weighted by atomic mass is 16.7. The lowest BCUT2D eigenvalue weighted by Crippen LogP contribution is -2.20. The van der Waals surface area contributed by atoms with E-state index in [1.165, 1.54) is 0 Å². The SMILES string of the molecule is COCCCN(C)c1n[nH]c2ccc(C3OCCCO3)cc12. The number of rotatable bonds is 6. The zero-order chi connectivity index (χ0) is 15.4. The van der Waals surface area contributed by atoms with Crippen LogP contribution in [0.5, 0.6) is 0 Å². The molecule has 1 saturated heterocycles. The van der Waals surface area contributed by atoms with Crippen molar-refractivity contribution >= 4 is 16.7 Å². The van der Waals surface area contributed by atoms with Crippen LogP contribution in [0.3, 0.4) is 0 Å². The number of benzene rings is 1. The summed E-state index contributed by atoms with van der Waals surface area (Å²) in [6.45, 7) is 3.14. The molecule has 1 N–H and O–H groups in total. The number of H-pyrrole nitrogens is 1. The van der Waals surface area contributed by atoms with Gasteiger partial charge in [0, 0.05) is 38.3 Å². The molecule has 0 amide bonds. The van der Waals surface area contributed by atoms with E-state index in [1.54, 1.807) is 7.11 Å². The second kappa shape index (κ2) is 7.09.